The van der Waals surface area contributed by atoms with E-state index in [1.54, 1.807) is 0 Å². The fourth-order valence-corrected chi connectivity index (χ4v) is 1.80. The number of pyridine rings is 1. The summed E-state index contributed by atoms with van der Waals surface area (Å²) in [6.07, 6.45) is 0. The van der Waals surface area contributed by atoms with Crippen molar-refractivity contribution in [3.63, 3.8) is 0 Å². The quantitative estimate of drug-likeness (QED) is 0.533. The van der Waals surface area contributed by atoms with Gasteiger partial charge in [-0.25, -0.2) is 4.98 Å². The van der Waals surface area contributed by atoms with Crippen molar-refractivity contribution in [3.05, 3.63) is 62.4 Å². The summed E-state index contributed by atoms with van der Waals surface area (Å²) in [6, 6.07) is 8.42. The second-order valence-electron chi connectivity index (χ2n) is 3.73. The average molecular weight is 312 g/mol. The first kappa shape index (κ1) is 14.2. The van der Waals surface area contributed by atoms with Crippen LogP contribution in [0.2, 0.25) is 10.2 Å². The molecule has 6 nitrogen and oxygen atoms in total. The van der Waals surface area contributed by atoms with Crippen LogP contribution in [0, 0.1) is 10.1 Å². The minimum atomic E-state index is -0.599. The summed E-state index contributed by atoms with van der Waals surface area (Å²) in [5, 5.41) is 13.4. The van der Waals surface area contributed by atoms with Gasteiger partial charge in [0.25, 0.3) is 11.6 Å². The lowest BCUT2D eigenvalue weighted by molar-refractivity contribution is -0.384. The SMILES string of the molecule is O=C(Nc1cccc([N+](=O)[O-])c1)c1nc(Cl)ccc1Cl. The number of rotatable bonds is 3. The Balaban J connectivity index is 2.25. The van der Waals surface area contributed by atoms with Gasteiger partial charge in [-0.2, -0.15) is 0 Å². The summed E-state index contributed by atoms with van der Waals surface area (Å²) in [4.78, 5) is 25.9. The molecule has 1 aromatic carbocycles. The van der Waals surface area contributed by atoms with Gasteiger partial charge in [-0.05, 0) is 18.2 Å². The largest absolute Gasteiger partial charge is 0.320 e. The number of anilines is 1. The van der Waals surface area contributed by atoms with Crippen LogP contribution in [-0.2, 0) is 0 Å². The molecule has 0 fully saturated rings. The summed E-state index contributed by atoms with van der Waals surface area (Å²) in [5.74, 6) is -0.599. The van der Waals surface area contributed by atoms with Gasteiger partial charge in [0, 0.05) is 17.8 Å². The molecule has 102 valence electrons. The Hall–Kier alpha value is -2.18. The number of aromatic nitrogens is 1. The molecule has 0 aliphatic carbocycles. The van der Waals surface area contributed by atoms with Crippen molar-refractivity contribution >= 4 is 40.5 Å². The van der Waals surface area contributed by atoms with Crippen molar-refractivity contribution in [3.8, 4) is 0 Å². The molecule has 20 heavy (non-hydrogen) atoms. The number of benzene rings is 1. The predicted octanol–water partition coefficient (Wildman–Crippen LogP) is 3.55. The monoisotopic (exact) mass is 311 g/mol. The van der Waals surface area contributed by atoms with Crippen molar-refractivity contribution in [1.82, 2.24) is 4.98 Å². The van der Waals surface area contributed by atoms with Crippen LogP contribution in [0.25, 0.3) is 0 Å². The lowest BCUT2D eigenvalue weighted by atomic mass is 10.2. The van der Waals surface area contributed by atoms with Crippen LogP contribution < -0.4 is 5.32 Å². The first-order valence-electron chi connectivity index (χ1n) is 5.35. The molecule has 0 aliphatic rings. The predicted molar refractivity (Wildman–Crippen MR) is 75.3 cm³/mol. The van der Waals surface area contributed by atoms with Gasteiger partial charge >= 0.3 is 0 Å². The molecule has 2 rings (SSSR count). The summed E-state index contributed by atoms with van der Waals surface area (Å²) >= 11 is 11.5. The van der Waals surface area contributed by atoms with E-state index in [1.807, 2.05) is 0 Å². The zero-order chi connectivity index (χ0) is 14.7. The lowest BCUT2D eigenvalue weighted by Crippen LogP contribution is -2.14. The molecule has 0 radical (unpaired) electrons. The highest BCUT2D eigenvalue weighted by Crippen LogP contribution is 2.20. The minimum absolute atomic E-state index is 0.0503. The molecule has 0 saturated heterocycles. The van der Waals surface area contributed by atoms with Crippen molar-refractivity contribution in [2.45, 2.75) is 0 Å². The molecule has 1 aromatic heterocycles. The topological polar surface area (TPSA) is 85.1 Å². The first-order valence-corrected chi connectivity index (χ1v) is 6.11. The van der Waals surface area contributed by atoms with Gasteiger partial charge in [0.05, 0.1) is 9.95 Å². The molecule has 0 aliphatic heterocycles. The number of carbonyl (C=O) groups is 1. The molecule has 0 unspecified atom stereocenters. The van der Waals surface area contributed by atoms with Gasteiger partial charge in [-0.15, -0.1) is 0 Å². The molecule has 1 N–H and O–H groups in total. The number of hydrogen-bond donors (Lipinski definition) is 1. The normalized spacial score (nSPS) is 10.1. The second-order valence-corrected chi connectivity index (χ2v) is 4.52. The van der Waals surface area contributed by atoms with Crippen LogP contribution in [0.5, 0.6) is 0 Å². The Bertz CT molecular complexity index is 691. The number of nitro benzene ring substituents is 1. The highest BCUT2D eigenvalue weighted by molar-refractivity contribution is 6.35. The third kappa shape index (κ3) is 3.23. The molecule has 1 heterocycles. The van der Waals surface area contributed by atoms with Gasteiger partial charge in [-0.1, -0.05) is 29.3 Å². The number of non-ortho nitro benzene ring substituents is 1. The molecular formula is C12H7Cl2N3O3. The standard InChI is InChI=1S/C12H7Cl2N3O3/c13-9-4-5-10(14)16-11(9)12(18)15-7-2-1-3-8(6-7)17(19)20/h1-6H,(H,15,18). The van der Waals surface area contributed by atoms with Crippen LogP contribution in [-0.4, -0.2) is 15.8 Å². The van der Waals surface area contributed by atoms with Gasteiger partial charge in [0.1, 0.15) is 10.8 Å². The Kier molecular flexibility index (Phi) is 4.16. The summed E-state index contributed by atoms with van der Waals surface area (Å²) in [6.45, 7) is 0. The van der Waals surface area contributed by atoms with E-state index in [0.29, 0.717) is 0 Å². The maximum absolute atomic E-state index is 12.0. The molecule has 0 bridgehead atoms. The van der Waals surface area contributed by atoms with E-state index < -0.39 is 10.8 Å². The number of amides is 1. The maximum atomic E-state index is 12.0. The summed E-state index contributed by atoms with van der Waals surface area (Å²) in [5.41, 5.74) is 0.0839. The van der Waals surface area contributed by atoms with Crippen molar-refractivity contribution in [1.29, 1.82) is 0 Å². The zero-order valence-corrected chi connectivity index (χ0v) is 11.4. The van der Waals surface area contributed by atoms with Crippen LogP contribution in [0.1, 0.15) is 10.5 Å². The van der Waals surface area contributed by atoms with Crippen LogP contribution in [0.4, 0.5) is 11.4 Å². The lowest BCUT2D eigenvalue weighted by Gasteiger charge is -2.06. The molecular weight excluding hydrogens is 305 g/mol. The van der Waals surface area contributed by atoms with E-state index in [9.17, 15) is 14.9 Å². The highest BCUT2D eigenvalue weighted by atomic mass is 35.5. The van der Waals surface area contributed by atoms with Gasteiger partial charge in [0.2, 0.25) is 0 Å². The second kappa shape index (κ2) is 5.85. The number of hydrogen-bond acceptors (Lipinski definition) is 4. The number of nitro groups is 1. The molecule has 0 atom stereocenters. The number of halogens is 2. The Morgan fingerprint density at radius 1 is 1.25 bits per heavy atom. The van der Waals surface area contributed by atoms with E-state index >= 15 is 0 Å². The van der Waals surface area contributed by atoms with E-state index in [-0.39, 0.29) is 27.2 Å². The third-order valence-electron chi connectivity index (χ3n) is 2.34. The third-order valence-corrected chi connectivity index (χ3v) is 2.86. The molecule has 8 heteroatoms. The molecule has 1 amide bonds. The summed E-state index contributed by atoms with van der Waals surface area (Å²) in [7, 11) is 0. The highest BCUT2D eigenvalue weighted by Gasteiger charge is 2.14. The average Bonchev–Trinajstić information content (AvgIpc) is 2.41. The van der Waals surface area contributed by atoms with Gasteiger partial charge < -0.3 is 5.32 Å². The zero-order valence-electron chi connectivity index (χ0n) is 9.84. The summed E-state index contributed by atoms with van der Waals surface area (Å²) < 4.78 is 0. The number of nitrogens with zero attached hydrogens (tertiary/aromatic N) is 2. The van der Waals surface area contributed by atoms with Crippen LogP contribution >= 0.6 is 23.2 Å². The van der Waals surface area contributed by atoms with Crippen LogP contribution in [0.3, 0.4) is 0 Å². The van der Waals surface area contributed by atoms with Gasteiger partial charge in [0.15, 0.2) is 0 Å². The smallest absolute Gasteiger partial charge is 0.275 e. The van der Waals surface area contributed by atoms with E-state index in [0.717, 1.165) is 0 Å². The van der Waals surface area contributed by atoms with Crippen molar-refractivity contribution < 1.29 is 9.72 Å². The Morgan fingerprint density at radius 3 is 2.70 bits per heavy atom. The number of nitrogens with one attached hydrogen (secondary N) is 1. The van der Waals surface area contributed by atoms with E-state index in [4.69, 9.17) is 23.2 Å². The maximum Gasteiger partial charge on any atom is 0.275 e. The van der Waals surface area contributed by atoms with Gasteiger partial charge in [-0.3, -0.25) is 14.9 Å². The fraction of sp³-hybridized carbons (Fsp3) is 0. The van der Waals surface area contributed by atoms with Crippen molar-refractivity contribution in [2.75, 3.05) is 5.32 Å². The molecule has 2 aromatic rings. The van der Waals surface area contributed by atoms with E-state index in [2.05, 4.69) is 10.3 Å². The molecule has 0 spiro atoms. The Labute approximate surface area is 123 Å². The first-order chi connectivity index (χ1) is 9.47. The number of carbonyl (C=O) groups excluding carboxylic acids is 1. The van der Waals surface area contributed by atoms with E-state index in [1.165, 1.54) is 36.4 Å². The van der Waals surface area contributed by atoms with Crippen molar-refractivity contribution in [2.24, 2.45) is 0 Å². The fourth-order valence-electron chi connectivity index (χ4n) is 1.47. The minimum Gasteiger partial charge on any atom is -0.320 e. The molecule has 0 saturated carbocycles. The van der Waals surface area contributed by atoms with Crippen LogP contribution in [0.15, 0.2) is 36.4 Å². The Morgan fingerprint density at radius 2 is 2.00 bits per heavy atom.